The minimum absolute atomic E-state index is 0.0745. The number of ether oxygens (including phenoxy) is 1. The summed E-state index contributed by atoms with van der Waals surface area (Å²) in [5.74, 6) is -0.205. The van der Waals surface area contributed by atoms with Crippen molar-refractivity contribution in [2.24, 2.45) is 0 Å². The number of nitrogens with zero attached hydrogens (tertiary/aromatic N) is 1. The van der Waals surface area contributed by atoms with Crippen molar-refractivity contribution in [2.45, 2.75) is 35.8 Å². The van der Waals surface area contributed by atoms with Gasteiger partial charge in [-0.25, -0.2) is 8.42 Å². The molecule has 3 rings (SSSR count). The Balaban J connectivity index is 1.59. The van der Waals surface area contributed by atoms with Gasteiger partial charge >= 0.3 is 0 Å². The number of non-ortho nitro benzene ring substituents is 1. The number of carbonyl (C=O) groups is 1. The number of nitro benzene ring substituents is 1. The molecule has 2 aromatic rings. The van der Waals surface area contributed by atoms with Gasteiger partial charge in [-0.15, -0.1) is 0 Å². The van der Waals surface area contributed by atoms with Crippen LogP contribution in [-0.4, -0.2) is 38.2 Å². The number of benzene rings is 2. The molecule has 1 saturated carbocycles. The molecule has 0 spiro atoms. The Morgan fingerprint density at radius 2 is 1.83 bits per heavy atom. The standard InChI is InChI=1S/C20H23N3O6S/c1-29-19-12-15(23(25)26)8-11-18(19)22-20(24)13-21-14-6-9-17(10-7-14)30(27,28)16-4-2-3-5-16/h6-12,16,21H,2-5,13H2,1H3,(H,22,24). The minimum atomic E-state index is -3.31. The monoisotopic (exact) mass is 433 g/mol. The largest absolute Gasteiger partial charge is 0.494 e. The molecule has 0 unspecified atom stereocenters. The fraction of sp³-hybridized carbons (Fsp3) is 0.350. The molecule has 0 bridgehead atoms. The summed E-state index contributed by atoms with van der Waals surface area (Å²) in [5, 5.41) is 16.1. The van der Waals surface area contributed by atoms with Crippen molar-refractivity contribution in [3.8, 4) is 5.75 Å². The van der Waals surface area contributed by atoms with Crippen LogP contribution in [0.3, 0.4) is 0 Å². The first kappa shape index (κ1) is 21.6. The SMILES string of the molecule is COc1cc([N+](=O)[O-])ccc1NC(=O)CNc1ccc(S(=O)(=O)C2CCCC2)cc1. The second kappa shape index (κ2) is 9.12. The lowest BCUT2D eigenvalue weighted by Gasteiger charge is -2.13. The first-order valence-electron chi connectivity index (χ1n) is 9.51. The molecule has 9 nitrogen and oxygen atoms in total. The zero-order chi connectivity index (χ0) is 21.7. The van der Waals surface area contributed by atoms with E-state index >= 15 is 0 Å². The van der Waals surface area contributed by atoms with Gasteiger partial charge in [-0.3, -0.25) is 14.9 Å². The predicted molar refractivity (Wildman–Crippen MR) is 113 cm³/mol. The Bertz CT molecular complexity index is 1030. The lowest BCUT2D eigenvalue weighted by molar-refractivity contribution is -0.384. The van der Waals surface area contributed by atoms with Gasteiger partial charge in [-0.2, -0.15) is 0 Å². The van der Waals surface area contributed by atoms with Crippen LogP contribution in [0.5, 0.6) is 5.75 Å². The molecule has 30 heavy (non-hydrogen) atoms. The number of rotatable bonds is 8. The van der Waals surface area contributed by atoms with Crippen LogP contribution in [0.2, 0.25) is 0 Å². The fourth-order valence-electron chi connectivity index (χ4n) is 3.43. The third-order valence-corrected chi connectivity index (χ3v) is 7.33. The Labute approximate surface area is 174 Å². The maximum atomic E-state index is 12.6. The van der Waals surface area contributed by atoms with Gasteiger partial charge in [-0.1, -0.05) is 12.8 Å². The molecule has 1 amide bonds. The average Bonchev–Trinajstić information content (AvgIpc) is 3.28. The van der Waals surface area contributed by atoms with Gasteiger partial charge < -0.3 is 15.4 Å². The maximum Gasteiger partial charge on any atom is 0.273 e. The summed E-state index contributed by atoms with van der Waals surface area (Å²) in [6.07, 6.45) is 3.29. The number of hydrogen-bond acceptors (Lipinski definition) is 7. The Kier molecular flexibility index (Phi) is 6.56. The van der Waals surface area contributed by atoms with Crippen molar-refractivity contribution in [3.05, 3.63) is 52.6 Å². The highest BCUT2D eigenvalue weighted by molar-refractivity contribution is 7.92. The van der Waals surface area contributed by atoms with Crippen LogP contribution in [0.4, 0.5) is 17.1 Å². The second-order valence-corrected chi connectivity index (χ2v) is 9.25. The number of nitro groups is 1. The zero-order valence-corrected chi connectivity index (χ0v) is 17.3. The van der Waals surface area contributed by atoms with E-state index in [4.69, 9.17) is 4.74 Å². The number of amides is 1. The highest BCUT2D eigenvalue weighted by atomic mass is 32.2. The predicted octanol–water partition coefficient (Wildman–Crippen LogP) is 3.37. The van der Waals surface area contributed by atoms with Crippen LogP contribution in [0.25, 0.3) is 0 Å². The molecule has 0 heterocycles. The molecule has 0 aliphatic heterocycles. The Morgan fingerprint density at radius 1 is 1.17 bits per heavy atom. The third kappa shape index (κ3) is 4.88. The third-order valence-electron chi connectivity index (χ3n) is 5.05. The molecule has 160 valence electrons. The maximum absolute atomic E-state index is 12.6. The van der Waals surface area contributed by atoms with E-state index in [2.05, 4.69) is 10.6 Å². The molecule has 0 aromatic heterocycles. The van der Waals surface area contributed by atoms with E-state index in [0.29, 0.717) is 29.1 Å². The van der Waals surface area contributed by atoms with Gasteiger partial charge in [0.1, 0.15) is 5.75 Å². The van der Waals surface area contributed by atoms with Gasteiger partial charge in [0.2, 0.25) is 5.91 Å². The van der Waals surface area contributed by atoms with Crippen LogP contribution in [0.1, 0.15) is 25.7 Å². The molecule has 2 aromatic carbocycles. The van der Waals surface area contributed by atoms with Crippen LogP contribution in [-0.2, 0) is 14.6 Å². The number of carbonyl (C=O) groups excluding carboxylic acids is 1. The summed E-state index contributed by atoms with van der Waals surface area (Å²) in [5.41, 5.74) is 0.773. The quantitative estimate of drug-likeness (QED) is 0.482. The Hall–Kier alpha value is -3.14. The van der Waals surface area contributed by atoms with Crippen LogP contribution >= 0.6 is 0 Å². The van der Waals surface area contributed by atoms with E-state index in [-0.39, 0.29) is 29.1 Å². The summed E-state index contributed by atoms with van der Waals surface area (Å²) in [6.45, 7) is -0.0745. The summed E-state index contributed by atoms with van der Waals surface area (Å²) >= 11 is 0. The minimum Gasteiger partial charge on any atom is -0.494 e. The summed E-state index contributed by atoms with van der Waals surface area (Å²) in [4.78, 5) is 22.8. The summed E-state index contributed by atoms with van der Waals surface area (Å²) < 4.78 is 30.3. The molecule has 1 aliphatic carbocycles. The lowest BCUT2D eigenvalue weighted by atomic mass is 10.2. The zero-order valence-electron chi connectivity index (χ0n) is 16.5. The van der Waals surface area contributed by atoms with Gasteiger partial charge in [0, 0.05) is 11.8 Å². The molecule has 1 fully saturated rings. The molecule has 0 atom stereocenters. The van der Waals surface area contributed by atoms with E-state index in [1.165, 1.54) is 25.3 Å². The van der Waals surface area contributed by atoms with E-state index in [9.17, 15) is 23.3 Å². The normalized spacial score (nSPS) is 14.3. The van der Waals surface area contributed by atoms with E-state index in [0.717, 1.165) is 12.8 Å². The molecular weight excluding hydrogens is 410 g/mol. The molecular formula is C20H23N3O6S. The first-order chi connectivity index (χ1) is 14.3. The van der Waals surface area contributed by atoms with Crippen LogP contribution in [0.15, 0.2) is 47.4 Å². The molecule has 1 aliphatic rings. The molecule has 2 N–H and O–H groups in total. The Morgan fingerprint density at radius 3 is 2.43 bits per heavy atom. The van der Waals surface area contributed by atoms with E-state index < -0.39 is 14.8 Å². The lowest BCUT2D eigenvalue weighted by Crippen LogP contribution is -2.22. The topological polar surface area (TPSA) is 128 Å². The number of methoxy groups -OCH3 is 1. The second-order valence-electron chi connectivity index (χ2n) is 7.02. The van der Waals surface area contributed by atoms with Crippen molar-refractivity contribution in [2.75, 3.05) is 24.3 Å². The van der Waals surface area contributed by atoms with Crippen molar-refractivity contribution in [1.82, 2.24) is 0 Å². The van der Waals surface area contributed by atoms with E-state index in [1.807, 2.05) is 0 Å². The van der Waals surface area contributed by atoms with E-state index in [1.54, 1.807) is 24.3 Å². The number of nitrogens with one attached hydrogen (secondary N) is 2. The van der Waals surface area contributed by atoms with Crippen molar-refractivity contribution in [1.29, 1.82) is 0 Å². The van der Waals surface area contributed by atoms with Crippen molar-refractivity contribution in [3.63, 3.8) is 0 Å². The van der Waals surface area contributed by atoms with Crippen molar-refractivity contribution >= 4 is 32.8 Å². The molecule has 0 radical (unpaired) electrons. The van der Waals surface area contributed by atoms with Crippen LogP contribution in [0, 0.1) is 10.1 Å². The number of anilines is 2. The summed E-state index contributed by atoms with van der Waals surface area (Å²) in [6, 6.07) is 10.3. The fourth-order valence-corrected chi connectivity index (χ4v) is 5.28. The van der Waals surface area contributed by atoms with Crippen LogP contribution < -0.4 is 15.4 Å². The number of sulfone groups is 1. The van der Waals surface area contributed by atoms with Gasteiger partial charge in [-0.05, 0) is 43.2 Å². The number of hydrogen-bond donors (Lipinski definition) is 2. The highest BCUT2D eigenvalue weighted by Gasteiger charge is 2.30. The van der Waals surface area contributed by atoms with Crippen molar-refractivity contribution < 1.29 is 22.9 Å². The van der Waals surface area contributed by atoms with Gasteiger partial charge in [0.15, 0.2) is 9.84 Å². The first-order valence-corrected chi connectivity index (χ1v) is 11.1. The highest BCUT2D eigenvalue weighted by Crippen LogP contribution is 2.30. The van der Waals surface area contributed by atoms with Gasteiger partial charge in [0.25, 0.3) is 5.69 Å². The molecule has 0 saturated heterocycles. The smallest absolute Gasteiger partial charge is 0.273 e. The molecule has 10 heteroatoms. The van der Waals surface area contributed by atoms with Gasteiger partial charge in [0.05, 0.1) is 40.5 Å². The summed E-state index contributed by atoms with van der Waals surface area (Å²) in [7, 11) is -1.96. The average molecular weight is 433 g/mol.